The second kappa shape index (κ2) is 5.38. The van der Waals surface area contributed by atoms with Crippen molar-refractivity contribution in [2.24, 2.45) is 0 Å². The van der Waals surface area contributed by atoms with Crippen molar-refractivity contribution in [1.29, 1.82) is 0 Å². The van der Waals surface area contributed by atoms with E-state index >= 15 is 0 Å². The van der Waals surface area contributed by atoms with Crippen molar-refractivity contribution in [3.63, 3.8) is 0 Å². The summed E-state index contributed by atoms with van der Waals surface area (Å²) in [4.78, 5) is 0. The third kappa shape index (κ3) is 2.92. The standard InChI is InChI=1S/C11H14Br2O3S/c1-3-17(15,16)11(12,13)10(14)9-7-5-4-6-8(9)2/h4-7,10,14H,3H2,1-2H3/t10-/m1/s1. The van der Waals surface area contributed by atoms with Crippen LogP contribution in [0.4, 0.5) is 0 Å². The highest BCUT2D eigenvalue weighted by Crippen LogP contribution is 2.45. The van der Waals surface area contributed by atoms with Gasteiger partial charge in [0.2, 0.25) is 2.57 Å². The Balaban J connectivity index is 3.23. The van der Waals surface area contributed by atoms with Crippen molar-refractivity contribution >= 4 is 41.7 Å². The normalized spacial score (nSPS) is 14.6. The van der Waals surface area contributed by atoms with Crippen molar-refractivity contribution in [2.45, 2.75) is 22.5 Å². The summed E-state index contributed by atoms with van der Waals surface area (Å²) in [5, 5.41) is 10.2. The molecule has 0 unspecified atom stereocenters. The van der Waals surface area contributed by atoms with Gasteiger partial charge in [-0.15, -0.1) is 0 Å². The third-order valence-electron chi connectivity index (χ3n) is 2.60. The topological polar surface area (TPSA) is 54.4 Å². The first kappa shape index (κ1) is 15.1. The van der Waals surface area contributed by atoms with E-state index in [-0.39, 0.29) is 5.75 Å². The molecule has 1 N–H and O–H groups in total. The van der Waals surface area contributed by atoms with Crippen LogP contribution in [-0.4, -0.2) is 21.8 Å². The summed E-state index contributed by atoms with van der Waals surface area (Å²) >= 11 is 6.16. The molecule has 0 aliphatic carbocycles. The van der Waals surface area contributed by atoms with Crippen molar-refractivity contribution in [3.8, 4) is 0 Å². The molecule has 0 saturated carbocycles. The highest BCUT2D eigenvalue weighted by Gasteiger charge is 2.45. The Hall–Kier alpha value is 0.0900. The van der Waals surface area contributed by atoms with E-state index in [0.29, 0.717) is 5.56 Å². The Morgan fingerprint density at radius 1 is 1.35 bits per heavy atom. The summed E-state index contributed by atoms with van der Waals surface area (Å²) in [6.07, 6.45) is -1.17. The smallest absolute Gasteiger partial charge is 0.210 e. The van der Waals surface area contributed by atoms with Crippen molar-refractivity contribution in [2.75, 3.05) is 5.75 Å². The molecule has 0 aliphatic rings. The highest BCUT2D eigenvalue weighted by molar-refractivity contribution is 9.28. The molecule has 0 saturated heterocycles. The predicted molar refractivity (Wildman–Crippen MR) is 76.2 cm³/mol. The number of benzene rings is 1. The Morgan fingerprint density at radius 2 is 1.88 bits per heavy atom. The molecule has 1 rings (SSSR count). The average Bonchev–Trinajstić information content (AvgIpc) is 2.28. The van der Waals surface area contributed by atoms with E-state index in [1.165, 1.54) is 6.92 Å². The van der Waals surface area contributed by atoms with Crippen LogP contribution in [0, 0.1) is 6.92 Å². The van der Waals surface area contributed by atoms with Crippen LogP contribution in [0.25, 0.3) is 0 Å². The summed E-state index contributed by atoms with van der Waals surface area (Å²) in [7, 11) is -3.48. The van der Waals surface area contributed by atoms with E-state index in [4.69, 9.17) is 0 Å². The second-order valence-corrected chi connectivity index (χ2v) is 10.8. The maximum absolute atomic E-state index is 11.9. The van der Waals surface area contributed by atoms with Crippen LogP contribution in [-0.2, 0) is 9.84 Å². The lowest BCUT2D eigenvalue weighted by Crippen LogP contribution is -2.34. The molecule has 0 aromatic heterocycles. The van der Waals surface area contributed by atoms with E-state index in [2.05, 4.69) is 31.9 Å². The van der Waals surface area contributed by atoms with Crippen molar-refractivity contribution in [3.05, 3.63) is 35.4 Å². The van der Waals surface area contributed by atoms with Gasteiger partial charge in [0.05, 0.1) is 0 Å². The van der Waals surface area contributed by atoms with Gasteiger partial charge in [0.25, 0.3) is 0 Å². The fraction of sp³-hybridized carbons (Fsp3) is 0.455. The molecular formula is C11H14Br2O3S. The molecular weight excluding hydrogens is 372 g/mol. The molecule has 0 heterocycles. The summed E-state index contributed by atoms with van der Waals surface area (Å²) in [6, 6.07) is 7.14. The van der Waals surface area contributed by atoms with E-state index in [1.54, 1.807) is 12.1 Å². The van der Waals surface area contributed by atoms with E-state index in [1.807, 2.05) is 19.1 Å². The molecule has 0 spiro atoms. The maximum atomic E-state index is 11.9. The lowest BCUT2D eigenvalue weighted by atomic mass is 10.1. The van der Waals surface area contributed by atoms with Gasteiger partial charge in [0.15, 0.2) is 9.84 Å². The van der Waals surface area contributed by atoms with Gasteiger partial charge in [-0.1, -0.05) is 63.0 Å². The number of aryl methyl sites for hydroxylation is 1. The van der Waals surface area contributed by atoms with Crippen molar-refractivity contribution < 1.29 is 13.5 Å². The number of aliphatic hydroxyl groups excluding tert-OH is 1. The summed E-state index contributed by atoms with van der Waals surface area (Å²) in [5.41, 5.74) is 1.42. The maximum Gasteiger partial charge on any atom is 0.210 e. The summed E-state index contributed by atoms with van der Waals surface area (Å²) < 4.78 is 22.2. The molecule has 0 amide bonds. The zero-order valence-corrected chi connectivity index (χ0v) is 13.5. The van der Waals surface area contributed by atoms with Crippen LogP contribution in [0.2, 0.25) is 0 Å². The molecule has 1 aromatic rings. The molecule has 1 atom stereocenters. The molecule has 1 aromatic carbocycles. The molecule has 17 heavy (non-hydrogen) atoms. The minimum absolute atomic E-state index is 0.0631. The molecule has 0 aliphatic heterocycles. The molecule has 6 heteroatoms. The zero-order chi connectivity index (χ0) is 13.3. The van der Waals surface area contributed by atoms with E-state index in [0.717, 1.165) is 5.56 Å². The lowest BCUT2D eigenvalue weighted by molar-refractivity contribution is 0.188. The minimum atomic E-state index is -3.48. The summed E-state index contributed by atoms with van der Waals surface area (Å²) in [6.45, 7) is 3.37. The number of rotatable bonds is 4. The monoisotopic (exact) mass is 384 g/mol. The van der Waals surface area contributed by atoms with Gasteiger partial charge in [-0.25, -0.2) is 8.42 Å². The van der Waals surface area contributed by atoms with Crippen LogP contribution < -0.4 is 0 Å². The van der Waals surface area contributed by atoms with Gasteiger partial charge >= 0.3 is 0 Å². The fourth-order valence-electron chi connectivity index (χ4n) is 1.44. The van der Waals surface area contributed by atoms with Gasteiger partial charge in [-0.05, 0) is 18.1 Å². The lowest BCUT2D eigenvalue weighted by Gasteiger charge is -2.27. The first-order chi connectivity index (χ1) is 7.74. The number of hydrogen-bond donors (Lipinski definition) is 1. The van der Waals surface area contributed by atoms with Gasteiger partial charge < -0.3 is 5.11 Å². The Bertz CT molecular complexity index is 497. The third-order valence-corrected chi connectivity index (χ3v) is 8.24. The summed E-state index contributed by atoms with van der Waals surface area (Å²) in [5.74, 6) is -0.0631. The second-order valence-electron chi connectivity index (χ2n) is 3.72. The Morgan fingerprint density at radius 3 is 2.35 bits per heavy atom. The van der Waals surface area contributed by atoms with Gasteiger partial charge in [-0.2, -0.15) is 0 Å². The highest BCUT2D eigenvalue weighted by atomic mass is 79.9. The number of halogens is 2. The minimum Gasteiger partial charge on any atom is -0.385 e. The zero-order valence-electron chi connectivity index (χ0n) is 9.52. The van der Waals surface area contributed by atoms with Gasteiger partial charge in [0, 0.05) is 5.75 Å². The Kier molecular flexibility index (Phi) is 4.80. The molecule has 96 valence electrons. The van der Waals surface area contributed by atoms with Gasteiger partial charge in [-0.3, -0.25) is 0 Å². The molecule has 0 bridgehead atoms. The van der Waals surface area contributed by atoms with Crippen LogP contribution in [0.3, 0.4) is 0 Å². The van der Waals surface area contributed by atoms with Crippen LogP contribution in [0.1, 0.15) is 24.2 Å². The molecule has 0 radical (unpaired) electrons. The van der Waals surface area contributed by atoms with E-state index in [9.17, 15) is 13.5 Å². The van der Waals surface area contributed by atoms with Crippen LogP contribution >= 0.6 is 31.9 Å². The predicted octanol–water partition coefficient (Wildman–Crippen LogP) is 2.91. The van der Waals surface area contributed by atoms with Gasteiger partial charge in [0.1, 0.15) is 6.10 Å². The number of alkyl halides is 2. The van der Waals surface area contributed by atoms with Crippen LogP contribution in [0.15, 0.2) is 24.3 Å². The molecule has 3 nitrogen and oxygen atoms in total. The first-order valence-electron chi connectivity index (χ1n) is 5.07. The Labute approximate surface area is 118 Å². The van der Waals surface area contributed by atoms with Crippen LogP contribution in [0.5, 0.6) is 0 Å². The largest absolute Gasteiger partial charge is 0.385 e. The first-order valence-corrected chi connectivity index (χ1v) is 8.31. The SMILES string of the molecule is CCS(=O)(=O)C(Br)(Br)[C@H](O)c1ccccc1C. The number of sulfone groups is 1. The van der Waals surface area contributed by atoms with E-state index < -0.39 is 18.5 Å². The number of aliphatic hydroxyl groups is 1. The quantitative estimate of drug-likeness (QED) is 0.810. The fourth-order valence-corrected chi connectivity index (χ4v) is 4.16. The average molecular weight is 386 g/mol. The van der Waals surface area contributed by atoms with Crippen molar-refractivity contribution in [1.82, 2.24) is 0 Å². The molecule has 0 fully saturated rings. The number of hydrogen-bond acceptors (Lipinski definition) is 3.